The van der Waals surface area contributed by atoms with Crippen molar-refractivity contribution in [1.82, 2.24) is 39.8 Å². The van der Waals surface area contributed by atoms with Gasteiger partial charge in [-0.25, -0.2) is 0 Å². The Hall–Kier alpha value is -7.95. The molecule has 1 aliphatic rings. The van der Waals surface area contributed by atoms with Gasteiger partial charge in [-0.05, 0) is 97.7 Å². The van der Waals surface area contributed by atoms with Crippen molar-refractivity contribution < 1.29 is 36.5 Å². The molecule has 10 rings (SSSR count). The van der Waals surface area contributed by atoms with Gasteiger partial charge in [0.1, 0.15) is 0 Å². The fraction of sp³-hybridized carbons (Fsp3) is 0.269. The van der Waals surface area contributed by atoms with E-state index in [0.717, 1.165) is 53.1 Å². The average Bonchev–Trinajstić information content (AvgIpc) is 4.22. The number of ether oxygens (including phenoxy) is 1. The molecule has 0 spiro atoms. The molecule has 17 heteroatoms. The summed E-state index contributed by atoms with van der Waals surface area (Å²) < 4.78 is 62.5. The van der Waals surface area contributed by atoms with Crippen LogP contribution in [0.4, 0.5) is 18.9 Å². The minimum atomic E-state index is -4.62. The predicted octanol–water partition coefficient (Wildman–Crippen LogP) is 11.4. The van der Waals surface area contributed by atoms with Gasteiger partial charge in [0.15, 0.2) is 0 Å². The van der Waals surface area contributed by atoms with Crippen molar-refractivity contribution in [1.29, 1.82) is 0 Å². The number of fused-ring (bicyclic) bond motifs is 2. The van der Waals surface area contributed by atoms with Crippen molar-refractivity contribution in [2.75, 3.05) is 18.0 Å². The molecule has 0 amide bonds. The molecule has 1 aliphatic heterocycles. The first-order valence-corrected chi connectivity index (χ1v) is 23.1. The Kier molecular flexibility index (Phi) is 12.6. The van der Waals surface area contributed by atoms with Gasteiger partial charge in [0, 0.05) is 77.7 Å². The maximum Gasteiger partial charge on any atom is 0.417 e. The summed E-state index contributed by atoms with van der Waals surface area (Å²) in [6, 6.07) is 29.8. The number of carbonyl (C=O) groups is 2. The Bertz CT molecular complexity index is 3300. The molecule has 350 valence electrons. The van der Waals surface area contributed by atoms with E-state index in [-0.39, 0.29) is 35.7 Å². The number of aryl methyl sites for hydroxylation is 3. The quantitative estimate of drug-likeness (QED) is 0.0708. The molecular formula is C52H46F3N9O5. The Morgan fingerprint density at radius 1 is 0.638 bits per heavy atom. The van der Waals surface area contributed by atoms with Crippen molar-refractivity contribution in [2.45, 2.75) is 77.6 Å². The molecule has 0 radical (unpaired) electrons. The zero-order chi connectivity index (χ0) is 47.5. The van der Waals surface area contributed by atoms with Gasteiger partial charge in [-0.1, -0.05) is 77.9 Å². The minimum absolute atomic E-state index is 0.0159. The van der Waals surface area contributed by atoms with Crippen LogP contribution in [0.5, 0.6) is 0 Å². The number of alkyl halides is 3. The number of halogens is 3. The highest BCUT2D eigenvalue weighted by atomic mass is 19.4. The minimum Gasteiger partial charge on any atom is -0.393 e. The summed E-state index contributed by atoms with van der Waals surface area (Å²) in [7, 11) is 0. The van der Waals surface area contributed by atoms with E-state index in [1.807, 2.05) is 30.3 Å². The van der Waals surface area contributed by atoms with E-state index in [0.29, 0.717) is 54.2 Å². The van der Waals surface area contributed by atoms with Crippen LogP contribution >= 0.6 is 0 Å². The van der Waals surface area contributed by atoms with Crippen LogP contribution in [-0.4, -0.2) is 64.9 Å². The van der Waals surface area contributed by atoms with E-state index in [4.69, 9.17) is 18.8 Å². The normalized spacial score (nSPS) is 13.1. The van der Waals surface area contributed by atoms with Crippen molar-refractivity contribution in [2.24, 2.45) is 0 Å². The van der Waals surface area contributed by atoms with Gasteiger partial charge in [0.05, 0.1) is 29.0 Å². The van der Waals surface area contributed by atoms with Gasteiger partial charge >= 0.3 is 18.1 Å². The third-order valence-corrected chi connectivity index (χ3v) is 12.5. The second kappa shape index (κ2) is 19.3. The Morgan fingerprint density at radius 2 is 1.20 bits per heavy atom. The van der Waals surface area contributed by atoms with Crippen LogP contribution in [0.2, 0.25) is 0 Å². The summed E-state index contributed by atoms with van der Waals surface area (Å²) in [5.41, 5.74) is 6.09. The summed E-state index contributed by atoms with van der Waals surface area (Å²) in [6.07, 6.45) is 4.09. The second-order valence-electron chi connectivity index (χ2n) is 17.0. The Morgan fingerprint density at radius 3 is 1.77 bits per heavy atom. The fourth-order valence-electron chi connectivity index (χ4n) is 9.06. The summed E-state index contributed by atoms with van der Waals surface area (Å²) >= 11 is 0. The van der Waals surface area contributed by atoms with Gasteiger partial charge in [0.25, 0.3) is 11.8 Å². The molecule has 1 saturated heterocycles. The van der Waals surface area contributed by atoms with Crippen LogP contribution < -0.4 is 4.90 Å². The molecule has 5 heterocycles. The Balaban J connectivity index is 0.720. The van der Waals surface area contributed by atoms with Crippen molar-refractivity contribution in [3.63, 3.8) is 0 Å². The largest absolute Gasteiger partial charge is 0.417 e. The number of nitrogens with zero attached hydrogens (tertiary/aromatic N) is 9. The number of esters is 2. The van der Waals surface area contributed by atoms with E-state index in [1.165, 1.54) is 42.6 Å². The van der Waals surface area contributed by atoms with Crippen LogP contribution in [0, 0.1) is 0 Å². The summed E-state index contributed by atoms with van der Waals surface area (Å²) in [4.78, 5) is 37.1. The highest BCUT2D eigenvalue weighted by molar-refractivity contribution is 5.94. The molecule has 0 saturated carbocycles. The molecule has 9 aromatic rings. The van der Waals surface area contributed by atoms with Crippen molar-refractivity contribution >= 4 is 39.4 Å². The molecule has 0 atom stereocenters. The second-order valence-corrected chi connectivity index (χ2v) is 17.0. The number of anilines is 1. The van der Waals surface area contributed by atoms with E-state index >= 15 is 0 Å². The number of hydrogen-bond acceptors (Lipinski definition) is 12. The van der Waals surface area contributed by atoms with Crippen LogP contribution in [0.25, 0.3) is 78.6 Å². The standard InChI is InChI=1S/C52H46F3N9O5/c1-2-33-29-35(22-24-43(33)62-25-7-4-8-26-62)50-58-48(60-68-50)38-15-9-17-44-40(38)31-56-63(44)27-11-19-46(65)67-47(66)20-12-28-64-45-18-10-16-39(41(45)32-57-64)49-59-51(69-61-49)36-21-23-37(34-13-5-3-6-14-34)42(30-36)52(53,54)55/h3,5-6,9-10,13-18,21-24,29-32H,2,4,7-8,11-12,19-20,25-28H2,1H3. The summed E-state index contributed by atoms with van der Waals surface area (Å²) in [5.74, 6) is -0.249. The predicted molar refractivity (Wildman–Crippen MR) is 252 cm³/mol. The van der Waals surface area contributed by atoms with Gasteiger partial charge in [-0.15, -0.1) is 0 Å². The fourth-order valence-corrected chi connectivity index (χ4v) is 9.06. The molecule has 4 aromatic heterocycles. The highest BCUT2D eigenvalue weighted by Gasteiger charge is 2.34. The third kappa shape index (κ3) is 9.49. The van der Waals surface area contributed by atoms with E-state index in [2.05, 4.69) is 49.5 Å². The SMILES string of the molecule is CCc1cc(-c2nc(-c3cccc4c3cnn4CCCC(=O)OC(=O)CCCn3ncc4c(-c5noc(-c6ccc(-c7ccccc7)c(C(F)(F)F)c6)n5)cccc43)no2)ccc1N1CCCCC1. The van der Waals surface area contributed by atoms with Crippen LogP contribution in [-0.2, 0) is 40.0 Å². The van der Waals surface area contributed by atoms with Gasteiger partial charge in [0.2, 0.25) is 11.6 Å². The molecule has 0 aliphatic carbocycles. The monoisotopic (exact) mass is 933 g/mol. The summed E-state index contributed by atoms with van der Waals surface area (Å²) in [6.45, 7) is 5.07. The molecule has 14 nitrogen and oxygen atoms in total. The number of piperidine rings is 1. The number of benzene rings is 5. The topological polar surface area (TPSA) is 160 Å². The lowest BCUT2D eigenvalue weighted by molar-refractivity contribution is -0.159. The van der Waals surface area contributed by atoms with E-state index in [9.17, 15) is 22.8 Å². The van der Waals surface area contributed by atoms with E-state index < -0.39 is 23.7 Å². The first kappa shape index (κ1) is 44.9. The molecule has 0 bridgehead atoms. The molecule has 5 aromatic carbocycles. The number of aromatic nitrogens is 8. The number of rotatable bonds is 15. The van der Waals surface area contributed by atoms with Gasteiger partial charge in [-0.2, -0.15) is 33.3 Å². The first-order valence-electron chi connectivity index (χ1n) is 23.1. The number of carbonyl (C=O) groups excluding carboxylic acids is 2. The average molecular weight is 934 g/mol. The lowest BCUT2D eigenvalue weighted by atomic mass is 9.97. The third-order valence-electron chi connectivity index (χ3n) is 12.5. The van der Waals surface area contributed by atoms with Gasteiger partial charge < -0.3 is 18.7 Å². The zero-order valence-corrected chi connectivity index (χ0v) is 37.7. The lowest BCUT2D eigenvalue weighted by Gasteiger charge is -2.30. The molecule has 0 N–H and O–H groups in total. The highest BCUT2D eigenvalue weighted by Crippen LogP contribution is 2.40. The van der Waals surface area contributed by atoms with Crippen molar-refractivity contribution in [3.8, 4) is 56.8 Å². The first-order chi connectivity index (χ1) is 33.6. The van der Waals surface area contributed by atoms with Crippen LogP contribution in [0.3, 0.4) is 0 Å². The lowest BCUT2D eigenvalue weighted by Crippen LogP contribution is -2.30. The van der Waals surface area contributed by atoms with Crippen molar-refractivity contribution in [3.05, 3.63) is 127 Å². The molecule has 69 heavy (non-hydrogen) atoms. The number of hydrogen-bond donors (Lipinski definition) is 0. The molecule has 1 fully saturated rings. The maximum absolute atomic E-state index is 14.2. The van der Waals surface area contributed by atoms with Gasteiger partial charge in [-0.3, -0.25) is 19.0 Å². The van der Waals surface area contributed by atoms with E-state index in [1.54, 1.807) is 64.2 Å². The molecular weight excluding hydrogens is 888 g/mol. The Labute approximate surface area is 393 Å². The molecule has 0 unspecified atom stereocenters. The maximum atomic E-state index is 14.2. The van der Waals surface area contributed by atoms with Crippen LogP contribution in [0.1, 0.15) is 63.0 Å². The van der Waals surface area contributed by atoms with Crippen LogP contribution in [0.15, 0.2) is 125 Å². The zero-order valence-electron chi connectivity index (χ0n) is 37.7. The smallest absolute Gasteiger partial charge is 0.393 e. The summed E-state index contributed by atoms with van der Waals surface area (Å²) in [5, 5.41) is 19.0.